The summed E-state index contributed by atoms with van der Waals surface area (Å²) in [5.74, 6) is 0.129. The molecule has 1 aromatic heterocycles. The highest BCUT2D eigenvalue weighted by Gasteiger charge is 2.24. The summed E-state index contributed by atoms with van der Waals surface area (Å²) >= 11 is 6.16. The van der Waals surface area contributed by atoms with E-state index in [9.17, 15) is 9.59 Å². The van der Waals surface area contributed by atoms with Crippen LogP contribution in [0, 0.1) is 0 Å². The molecule has 0 fully saturated rings. The third kappa shape index (κ3) is 2.92. The molecule has 0 bridgehead atoms. The molecule has 29 heavy (non-hydrogen) atoms. The number of hydrogen-bond donors (Lipinski definition) is 1. The topological polar surface area (TPSA) is 64.0 Å². The molecule has 0 unspecified atom stereocenters. The Balaban J connectivity index is 1.83. The normalized spacial score (nSPS) is 14.2. The van der Waals surface area contributed by atoms with Gasteiger partial charge < -0.3 is 5.32 Å². The first-order valence-electron chi connectivity index (χ1n) is 9.02. The van der Waals surface area contributed by atoms with Gasteiger partial charge in [-0.3, -0.25) is 14.2 Å². The van der Waals surface area contributed by atoms with E-state index < -0.39 is 0 Å². The number of rotatable bonds is 2. The Morgan fingerprint density at radius 2 is 1.72 bits per heavy atom. The summed E-state index contributed by atoms with van der Waals surface area (Å²) in [4.78, 5) is 30.6. The van der Waals surface area contributed by atoms with Crippen molar-refractivity contribution in [3.8, 4) is 5.69 Å². The van der Waals surface area contributed by atoms with E-state index in [0.717, 1.165) is 11.3 Å². The smallest absolute Gasteiger partial charge is 0.266 e. The van der Waals surface area contributed by atoms with Crippen LogP contribution in [0.15, 0.2) is 77.6 Å². The Hall–Kier alpha value is -3.70. The molecular formula is C23H14ClN3O2. The van der Waals surface area contributed by atoms with Crippen LogP contribution in [0.1, 0.15) is 11.4 Å². The summed E-state index contributed by atoms with van der Waals surface area (Å²) in [6.07, 6.45) is 1.65. The first-order chi connectivity index (χ1) is 14.1. The van der Waals surface area contributed by atoms with Crippen molar-refractivity contribution in [1.82, 2.24) is 9.55 Å². The van der Waals surface area contributed by atoms with Gasteiger partial charge in [0.05, 0.1) is 22.2 Å². The van der Waals surface area contributed by atoms with Crippen LogP contribution in [0.25, 0.3) is 28.2 Å². The van der Waals surface area contributed by atoms with Gasteiger partial charge in [-0.1, -0.05) is 48.0 Å². The Bertz CT molecular complexity index is 1390. The third-order valence-corrected chi connectivity index (χ3v) is 5.09. The van der Waals surface area contributed by atoms with Crippen LogP contribution in [-0.4, -0.2) is 15.5 Å². The lowest BCUT2D eigenvalue weighted by atomic mass is 10.1. The van der Waals surface area contributed by atoms with Gasteiger partial charge in [-0.15, -0.1) is 0 Å². The van der Waals surface area contributed by atoms with Crippen LogP contribution in [-0.2, 0) is 4.79 Å². The number of halogens is 1. The number of anilines is 1. The number of para-hydroxylation sites is 2. The summed E-state index contributed by atoms with van der Waals surface area (Å²) in [6.45, 7) is 0. The second-order valence-electron chi connectivity index (χ2n) is 6.67. The lowest BCUT2D eigenvalue weighted by Gasteiger charge is -2.12. The highest BCUT2D eigenvalue weighted by molar-refractivity contribution is 6.34. The van der Waals surface area contributed by atoms with Crippen molar-refractivity contribution in [3.63, 3.8) is 0 Å². The highest BCUT2D eigenvalue weighted by Crippen LogP contribution is 2.32. The van der Waals surface area contributed by atoms with E-state index in [1.54, 1.807) is 48.5 Å². The van der Waals surface area contributed by atoms with Gasteiger partial charge in [-0.05, 0) is 42.5 Å². The molecule has 140 valence electrons. The van der Waals surface area contributed by atoms with Crippen molar-refractivity contribution in [1.29, 1.82) is 0 Å². The van der Waals surface area contributed by atoms with Crippen molar-refractivity contribution in [3.05, 3.63) is 99.6 Å². The van der Waals surface area contributed by atoms with Gasteiger partial charge in [0.2, 0.25) is 0 Å². The second kappa shape index (κ2) is 6.72. The number of nitrogens with one attached hydrogen (secondary N) is 1. The average molecular weight is 400 g/mol. The van der Waals surface area contributed by atoms with E-state index in [1.807, 2.05) is 30.3 Å². The number of carbonyl (C=O) groups excluding carboxylic acids is 1. The molecule has 4 aromatic rings. The van der Waals surface area contributed by atoms with E-state index >= 15 is 0 Å². The van der Waals surface area contributed by atoms with E-state index in [-0.39, 0.29) is 11.5 Å². The lowest BCUT2D eigenvalue weighted by molar-refractivity contribution is -0.110. The third-order valence-electron chi connectivity index (χ3n) is 4.85. The molecular weight excluding hydrogens is 386 g/mol. The Morgan fingerprint density at radius 1 is 0.931 bits per heavy atom. The van der Waals surface area contributed by atoms with Crippen LogP contribution in [0.5, 0.6) is 0 Å². The molecule has 1 N–H and O–H groups in total. The zero-order valence-corrected chi connectivity index (χ0v) is 15.9. The molecule has 0 saturated carbocycles. The van der Waals surface area contributed by atoms with E-state index in [0.29, 0.717) is 33.0 Å². The van der Waals surface area contributed by atoms with Gasteiger partial charge in [-0.2, -0.15) is 0 Å². The summed E-state index contributed by atoms with van der Waals surface area (Å²) < 4.78 is 1.48. The fraction of sp³-hybridized carbons (Fsp3) is 0. The molecule has 0 saturated heterocycles. The van der Waals surface area contributed by atoms with Crippen molar-refractivity contribution < 1.29 is 4.79 Å². The Kier molecular flexibility index (Phi) is 4.03. The maximum atomic E-state index is 13.3. The molecule has 0 atom stereocenters. The zero-order chi connectivity index (χ0) is 20.0. The summed E-state index contributed by atoms with van der Waals surface area (Å²) in [6, 6.07) is 21.6. The fourth-order valence-electron chi connectivity index (χ4n) is 3.52. The number of nitrogens with zero attached hydrogens (tertiary/aromatic N) is 2. The number of aromatic nitrogens is 2. The number of hydrogen-bond acceptors (Lipinski definition) is 3. The van der Waals surface area contributed by atoms with Crippen LogP contribution in [0.4, 0.5) is 5.69 Å². The van der Waals surface area contributed by atoms with E-state index in [4.69, 9.17) is 11.6 Å². The van der Waals surface area contributed by atoms with Gasteiger partial charge in [0.15, 0.2) is 0 Å². The molecule has 3 aromatic carbocycles. The minimum atomic E-state index is -0.230. The standard InChI is InChI=1S/C23H14ClN3O2/c24-14-6-5-7-15(12-14)27-21(25-20-11-4-2-9-17(20)23(27)29)13-18-16-8-1-3-10-19(16)26-22(18)28/h1-13H,(H,26,28). The zero-order valence-electron chi connectivity index (χ0n) is 15.1. The van der Waals surface area contributed by atoms with Crippen molar-refractivity contribution in [2.45, 2.75) is 0 Å². The molecule has 5 rings (SSSR count). The molecule has 0 radical (unpaired) electrons. The van der Waals surface area contributed by atoms with Crippen molar-refractivity contribution >= 4 is 45.7 Å². The Labute approximate surface area is 170 Å². The van der Waals surface area contributed by atoms with Crippen molar-refractivity contribution in [2.75, 3.05) is 5.32 Å². The molecule has 1 amide bonds. The first-order valence-corrected chi connectivity index (χ1v) is 9.40. The number of carbonyl (C=O) groups is 1. The molecule has 1 aliphatic rings. The number of benzene rings is 3. The van der Waals surface area contributed by atoms with Gasteiger partial charge in [0.25, 0.3) is 11.5 Å². The maximum Gasteiger partial charge on any atom is 0.266 e. The van der Waals surface area contributed by atoms with Crippen LogP contribution in [0.3, 0.4) is 0 Å². The SMILES string of the molecule is O=C1Nc2ccccc2C1=Cc1nc2ccccc2c(=O)n1-c1cccc(Cl)c1. The molecule has 2 heterocycles. The van der Waals surface area contributed by atoms with Gasteiger partial charge in [0.1, 0.15) is 5.82 Å². The summed E-state index contributed by atoms with van der Waals surface area (Å²) in [5, 5.41) is 3.84. The monoisotopic (exact) mass is 399 g/mol. The predicted molar refractivity (Wildman–Crippen MR) is 115 cm³/mol. The van der Waals surface area contributed by atoms with E-state index in [2.05, 4.69) is 10.3 Å². The minimum absolute atomic E-state index is 0.226. The highest BCUT2D eigenvalue weighted by atomic mass is 35.5. The molecule has 1 aliphatic heterocycles. The first kappa shape index (κ1) is 17.4. The average Bonchev–Trinajstić information content (AvgIpc) is 3.03. The van der Waals surface area contributed by atoms with Crippen LogP contribution < -0.4 is 10.9 Å². The van der Waals surface area contributed by atoms with E-state index in [1.165, 1.54) is 4.57 Å². The molecule has 6 heteroatoms. The van der Waals surface area contributed by atoms with Gasteiger partial charge in [-0.25, -0.2) is 4.98 Å². The van der Waals surface area contributed by atoms with Gasteiger partial charge >= 0.3 is 0 Å². The van der Waals surface area contributed by atoms with Gasteiger partial charge in [0, 0.05) is 16.3 Å². The summed E-state index contributed by atoms with van der Waals surface area (Å²) in [7, 11) is 0. The fourth-order valence-corrected chi connectivity index (χ4v) is 3.71. The molecule has 0 spiro atoms. The Morgan fingerprint density at radius 3 is 2.59 bits per heavy atom. The van der Waals surface area contributed by atoms with Crippen molar-refractivity contribution in [2.24, 2.45) is 0 Å². The molecule has 0 aliphatic carbocycles. The quantitative estimate of drug-likeness (QED) is 0.503. The minimum Gasteiger partial charge on any atom is -0.321 e. The number of fused-ring (bicyclic) bond motifs is 2. The molecule has 5 nitrogen and oxygen atoms in total. The largest absolute Gasteiger partial charge is 0.321 e. The maximum absolute atomic E-state index is 13.3. The van der Waals surface area contributed by atoms with Crippen LogP contribution >= 0.6 is 11.6 Å². The predicted octanol–water partition coefficient (Wildman–Crippen LogP) is 4.53. The lowest BCUT2D eigenvalue weighted by Crippen LogP contribution is -2.22. The number of amides is 1. The second-order valence-corrected chi connectivity index (χ2v) is 7.10. The van der Waals surface area contributed by atoms with Crippen LogP contribution in [0.2, 0.25) is 5.02 Å². The summed E-state index contributed by atoms with van der Waals surface area (Å²) in [5.41, 5.74) is 2.89.